The summed E-state index contributed by atoms with van der Waals surface area (Å²) < 4.78 is 0. The predicted molar refractivity (Wildman–Crippen MR) is 74.8 cm³/mol. The van der Waals surface area contributed by atoms with Crippen molar-refractivity contribution in [2.24, 2.45) is 5.84 Å². The van der Waals surface area contributed by atoms with E-state index in [1.165, 1.54) is 24.5 Å². The monoisotopic (exact) mass is 300 g/mol. The summed E-state index contributed by atoms with van der Waals surface area (Å²) in [5.41, 5.74) is 3.77. The van der Waals surface area contributed by atoms with Gasteiger partial charge in [0.2, 0.25) is 0 Å². The fraction of sp³-hybridized carbons (Fsp3) is 0. The lowest BCUT2D eigenvalue weighted by Crippen LogP contribution is -2.54. The number of aromatic nitrogens is 2. The molecule has 0 atom stereocenters. The first kappa shape index (κ1) is 15.1. The third kappa shape index (κ3) is 3.41. The first-order valence-electron chi connectivity index (χ1n) is 6.11. The molecule has 2 aromatic heterocycles. The highest BCUT2D eigenvalue weighted by Crippen LogP contribution is 2.05. The first-order valence-corrected chi connectivity index (χ1v) is 6.11. The summed E-state index contributed by atoms with van der Waals surface area (Å²) in [6.45, 7) is 0. The lowest BCUT2D eigenvalue weighted by molar-refractivity contribution is 0.0540. The molecule has 0 saturated heterocycles. The molecule has 2 rings (SSSR count). The number of amides is 4. The van der Waals surface area contributed by atoms with Crippen molar-refractivity contribution in [3.63, 3.8) is 0 Å². The maximum atomic E-state index is 12.3. The Labute approximate surface area is 125 Å². The molecule has 9 heteroatoms. The van der Waals surface area contributed by atoms with Crippen molar-refractivity contribution in [2.45, 2.75) is 0 Å². The van der Waals surface area contributed by atoms with Gasteiger partial charge >= 0.3 is 6.03 Å². The van der Waals surface area contributed by atoms with Gasteiger partial charge in [-0.05, 0) is 24.3 Å². The quantitative estimate of drug-likeness (QED) is 0.306. The van der Waals surface area contributed by atoms with Crippen LogP contribution in [0.5, 0.6) is 0 Å². The van der Waals surface area contributed by atoms with E-state index in [1.54, 1.807) is 29.7 Å². The van der Waals surface area contributed by atoms with Gasteiger partial charge in [0, 0.05) is 12.4 Å². The van der Waals surface area contributed by atoms with Gasteiger partial charge in [-0.2, -0.15) is 5.01 Å². The number of pyridine rings is 2. The van der Waals surface area contributed by atoms with Gasteiger partial charge in [0.15, 0.2) is 0 Å². The van der Waals surface area contributed by atoms with Gasteiger partial charge in [0.1, 0.15) is 11.4 Å². The minimum absolute atomic E-state index is 0.0240. The molecule has 9 nitrogen and oxygen atoms in total. The molecule has 2 aromatic rings. The molecule has 0 aromatic carbocycles. The minimum atomic E-state index is -0.937. The minimum Gasteiger partial charge on any atom is -0.275 e. The molecule has 2 heterocycles. The molecule has 22 heavy (non-hydrogen) atoms. The Bertz CT molecular complexity index is 625. The summed E-state index contributed by atoms with van der Waals surface area (Å²) in [4.78, 5) is 43.7. The van der Waals surface area contributed by atoms with E-state index >= 15 is 0 Å². The number of nitrogens with one attached hydrogen (secondary N) is 2. The molecule has 0 unspecified atom stereocenters. The summed E-state index contributed by atoms with van der Waals surface area (Å²) in [6, 6.07) is 8.25. The van der Waals surface area contributed by atoms with E-state index in [0.29, 0.717) is 5.01 Å². The lowest BCUT2D eigenvalue weighted by Gasteiger charge is -2.20. The standard InChI is InChI=1S/C13H12N6O3/c14-17-13(22)18-19(11(20)9-5-1-3-7-15-9)12(21)10-6-2-4-8-16-10/h1-8H,14H2,(H2,17,18,22). The number of hydrogen-bond donors (Lipinski definition) is 3. The maximum Gasteiger partial charge on any atom is 0.348 e. The Morgan fingerprint density at radius 1 is 0.909 bits per heavy atom. The average molecular weight is 300 g/mol. The number of carbonyl (C=O) groups excluding carboxylic acids is 3. The molecule has 4 amide bonds. The number of urea groups is 1. The van der Waals surface area contributed by atoms with Crippen molar-refractivity contribution in [1.29, 1.82) is 0 Å². The van der Waals surface area contributed by atoms with Crippen molar-refractivity contribution >= 4 is 17.8 Å². The highest BCUT2D eigenvalue weighted by Gasteiger charge is 2.27. The zero-order chi connectivity index (χ0) is 15.9. The van der Waals surface area contributed by atoms with Crippen molar-refractivity contribution in [1.82, 2.24) is 25.8 Å². The van der Waals surface area contributed by atoms with Crippen LogP contribution in [0, 0.1) is 0 Å². The van der Waals surface area contributed by atoms with Crippen LogP contribution in [0.25, 0.3) is 0 Å². The largest absolute Gasteiger partial charge is 0.348 e. The van der Waals surface area contributed by atoms with Crippen LogP contribution in [0.3, 0.4) is 0 Å². The molecule has 112 valence electrons. The number of rotatable bonds is 2. The number of hydrogen-bond acceptors (Lipinski definition) is 6. The summed E-state index contributed by atoms with van der Waals surface area (Å²) >= 11 is 0. The summed E-state index contributed by atoms with van der Waals surface area (Å²) in [5, 5.41) is 0.493. The normalized spacial score (nSPS) is 9.68. The Morgan fingerprint density at radius 3 is 1.77 bits per heavy atom. The van der Waals surface area contributed by atoms with Crippen LogP contribution in [0.15, 0.2) is 48.8 Å². The van der Waals surface area contributed by atoms with E-state index < -0.39 is 17.8 Å². The van der Waals surface area contributed by atoms with Crippen LogP contribution >= 0.6 is 0 Å². The number of imide groups is 1. The van der Waals surface area contributed by atoms with Crippen molar-refractivity contribution < 1.29 is 14.4 Å². The SMILES string of the molecule is NNC(=O)NN(C(=O)c1ccccn1)C(=O)c1ccccn1. The topological polar surface area (TPSA) is 130 Å². The summed E-state index contributed by atoms with van der Waals surface area (Å²) in [6.07, 6.45) is 2.78. The van der Waals surface area contributed by atoms with Crippen molar-refractivity contribution in [3.8, 4) is 0 Å². The Morgan fingerprint density at radius 2 is 1.41 bits per heavy atom. The van der Waals surface area contributed by atoms with E-state index in [4.69, 9.17) is 5.84 Å². The van der Waals surface area contributed by atoms with Gasteiger partial charge in [0.05, 0.1) is 0 Å². The zero-order valence-corrected chi connectivity index (χ0v) is 11.3. The maximum absolute atomic E-state index is 12.3. The van der Waals surface area contributed by atoms with Crippen molar-refractivity contribution in [2.75, 3.05) is 0 Å². The third-order valence-electron chi connectivity index (χ3n) is 2.52. The summed E-state index contributed by atoms with van der Waals surface area (Å²) in [7, 11) is 0. The van der Waals surface area contributed by atoms with E-state index in [2.05, 4.69) is 9.97 Å². The Kier molecular flexibility index (Phi) is 4.73. The number of nitrogens with zero attached hydrogens (tertiary/aromatic N) is 3. The molecular weight excluding hydrogens is 288 g/mol. The van der Waals surface area contributed by atoms with Crippen LogP contribution in [-0.4, -0.2) is 32.8 Å². The fourth-order valence-electron chi connectivity index (χ4n) is 1.54. The van der Waals surface area contributed by atoms with Crippen LogP contribution in [0.1, 0.15) is 21.0 Å². The van der Waals surface area contributed by atoms with Crippen molar-refractivity contribution in [3.05, 3.63) is 60.2 Å². The fourth-order valence-corrected chi connectivity index (χ4v) is 1.54. The van der Waals surface area contributed by atoms with E-state index in [-0.39, 0.29) is 11.4 Å². The molecule has 0 aliphatic carbocycles. The second-order valence-corrected chi connectivity index (χ2v) is 3.96. The van der Waals surface area contributed by atoms with Gasteiger partial charge in [-0.25, -0.2) is 16.1 Å². The molecule has 0 bridgehead atoms. The molecule has 0 saturated carbocycles. The van der Waals surface area contributed by atoms with Gasteiger partial charge < -0.3 is 0 Å². The van der Waals surface area contributed by atoms with E-state index in [9.17, 15) is 14.4 Å². The average Bonchev–Trinajstić information content (AvgIpc) is 2.59. The first-order chi connectivity index (χ1) is 10.6. The van der Waals surface area contributed by atoms with Crippen LogP contribution in [-0.2, 0) is 0 Å². The number of nitrogens with two attached hydrogens (primary N) is 1. The van der Waals surface area contributed by atoms with E-state index in [1.807, 2.05) is 5.43 Å². The highest BCUT2D eigenvalue weighted by molar-refractivity contribution is 6.09. The second kappa shape index (κ2) is 6.90. The predicted octanol–water partition coefficient (Wildman–Crippen LogP) is -0.153. The lowest BCUT2D eigenvalue weighted by atomic mass is 10.3. The van der Waals surface area contributed by atoms with Gasteiger partial charge in [-0.1, -0.05) is 12.1 Å². The van der Waals surface area contributed by atoms with E-state index in [0.717, 1.165) is 0 Å². The van der Waals surface area contributed by atoms with Crippen LogP contribution in [0.2, 0.25) is 0 Å². The van der Waals surface area contributed by atoms with Gasteiger partial charge in [-0.3, -0.25) is 25.0 Å². The van der Waals surface area contributed by atoms with Crippen LogP contribution in [0.4, 0.5) is 4.79 Å². The van der Waals surface area contributed by atoms with Crippen LogP contribution < -0.4 is 16.7 Å². The molecule has 0 spiro atoms. The molecule has 0 fully saturated rings. The number of carbonyl (C=O) groups is 3. The zero-order valence-electron chi connectivity index (χ0n) is 11.3. The summed E-state index contributed by atoms with van der Waals surface area (Å²) in [5.74, 6) is 3.32. The smallest absolute Gasteiger partial charge is 0.275 e. The van der Waals surface area contributed by atoms with Gasteiger partial charge in [0.25, 0.3) is 11.8 Å². The highest BCUT2D eigenvalue weighted by atomic mass is 16.2. The molecular formula is C13H12N6O3. The Balaban J connectivity index is 2.32. The third-order valence-corrected chi connectivity index (χ3v) is 2.52. The molecule has 0 radical (unpaired) electrons. The molecule has 4 N–H and O–H groups in total. The Hall–Kier alpha value is -3.33. The molecule has 0 aliphatic rings. The second-order valence-electron chi connectivity index (χ2n) is 3.96. The molecule has 0 aliphatic heterocycles. The number of hydrazine groups is 2. The van der Waals surface area contributed by atoms with Gasteiger partial charge in [-0.15, -0.1) is 0 Å².